The van der Waals surface area contributed by atoms with Gasteiger partial charge < -0.3 is 24.8 Å². The quantitative estimate of drug-likeness (QED) is 0.407. The Hall–Kier alpha value is -0.413. The fourth-order valence-electron chi connectivity index (χ4n) is 7.25. The maximum absolute atomic E-state index is 2.65. The molecule has 1 heterocycles. The van der Waals surface area contributed by atoms with Crippen molar-refractivity contribution < 1.29 is 44.9 Å². The van der Waals surface area contributed by atoms with E-state index in [1.807, 2.05) is 11.1 Å². The van der Waals surface area contributed by atoms with E-state index >= 15 is 0 Å². The van der Waals surface area contributed by atoms with Gasteiger partial charge in [-0.2, -0.15) is 0 Å². The van der Waals surface area contributed by atoms with E-state index in [4.69, 9.17) is 0 Å². The van der Waals surface area contributed by atoms with Crippen molar-refractivity contribution in [1.29, 1.82) is 0 Å². The third-order valence-corrected chi connectivity index (χ3v) is 40.4. The van der Waals surface area contributed by atoms with Gasteiger partial charge in [-0.1, -0.05) is 0 Å². The van der Waals surface area contributed by atoms with Crippen molar-refractivity contribution >= 4 is 17.6 Å². The van der Waals surface area contributed by atoms with Gasteiger partial charge in [0.25, 0.3) is 0 Å². The number of aryl methyl sites for hydroxylation is 4. The molecular formula is C32H42Cl2HfSi. The summed E-state index contributed by atoms with van der Waals surface area (Å²) in [5.74, 6) is 0. The zero-order valence-electron chi connectivity index (χ0n) is 23.0. The van der Waals surface area contributed by atoms with Crippen LogP contribution in [-0.2, 0) is 45.7 Å². The molecule has 5 rings (SSSR count). The molecule has 0 radical (unpaired) electrons. The summed E-state index contributed by atoms with van der Waals surface area (Å²) in [6, 6.07) is 13.1. The van der Waals surface area contributed by atoms with Crippen molar-refractivity contribution in [3.63, 3.8) is 0 Å². The number of benzene rings is 2. The predicted octanol–water partition coefficient (Wildman–Crippen LogP) is 2.96. The molecule has 1 aliphatic heterocycles. The summed E-state index contributed by atoms with van der Waals surface area (Å²) >= 11 is -2.20. The van der Waals surface area contributed by atoms with Gasteiger partial charge in [-0.05, 0) is 0 Å². The maximum Gasteiger partial charge on any atom is -1.00 e. The van der Waals surface area contributed by atoms with Crippen molar-refractivity contribution in [3.05, 3.63) is 79.9 Å². The summed E-state index contributed by atoms with van der Waals surface area (Å²) in [7, 11) is 0. The van der Waals surface area contributed by atoms with Crippen LogP contribution in [0.15, 0.2) is 35.4 Å². The zero-order valence-corrected chi connectivity index (χ0v) is 29.1. The largest absolute Gasteiger partial charge is 1.00 e. The van der Waals surface area contributed by atoms with Crippen molar-refractivity contribution in [3.8, 4) is 0 Å². The van der Waals surface area contributed by atoms with Crippen molar-refractivity contribution in [2.24, 2.45) is 0 Å². The minimum Gasteiger partial charge on any atom is -1.00 e. The fourth-order valence-corrected chi connectivity index (χ4v) is 45.2. The van der Waals surface area contributed by atoms with Gasteiger partial charge in [0.2, 0.25) is 0 Å². The van der Waals surface area contributed by atoms with Crippen LogP contribution < -0.4 is 24.8 Å². The molecule has 192 valence electrons. The molecule has 2 aliphatic carbocycles. The van der Waals surface area contributed by atoms with E-state index in [0.29, 0.717) is 0 Å². The van der Waals surface area contributed by atoms with Crippen LogP contribution in [0.5, 0.6) is 0 Å². The van der Waals surface area contributed by atoms with Gasteiger partial charge in [-0.15, -0.1) is 0 Å². The van der Waals surface area contributed by atoms with Gasteiger partial charge in [-0.3, -0.25) is 0 Å². The Bertz CT molecular complexity index is 1140. The number of rotatable bonds is 6. The average molecular weight is 704 g/mol. The van der Waals surface area contributed by atoms with Gasteiger partial charge in [0.05, 0.1) is 0 Å². The molecule has 4 heteroatoms. The van der Waals surface area contributed by atoms with E-state index in [0.717, 1.165) is 20.2 Å². The Balaban J connectivity index is 0.00000180. The Morgan fingerprint density at radius 2 is 1.00 bits per heavy atom. The monoisotopic (exact) mass is 704 g/mol. The minimum absolute atomic E-state index is 0. The van der Waals surface area contributed by atoms with E-state index in [1.165, 1.54) is 25.7 Å². The van der Waals surface area contributed by atoms with E-state index in [1.54, 1.807) is 56.6 Å². The topological polar surface area (TPSA) is 0 Å². The van der Waals surface area contributed by atoms with Crippen LogP contribution >= 0.6 is 0 Å². The first kappa shape index (κ1) is 30.1. The van der Waals surface area contributed by atoms with E-state index in [2.05, 4.69) is 78.0 Å². The van der Waals surface area contributed by atoms with Gasteiger partial charge >= 0.3 is 217 Å². The summed E-state index contributed by atoms with van der Waals surface area (Å²) in [4.78, 5) is 0. The van der Waals surface area contributed by atoms with Crippen molar-refractivity contribution in [1.82, 2.24) is 0 Å². The van der Waals surface area contributed by atoms with Crippen molar-refractivity contribution in [2.75, 3.05) is 0 Å². The van der Waals surface area contributed by atoms with Crippen LogP contribution in [-0.4, -0.2) is 5.49 Å². The van der Waals surface area contributed by atoms with Crippen LogP contribution in [0.3, 0.4) is 0 Å². The molecule has 0 amide bonds. The van der Waals surface area contributed by atoms with Crippen LogP contribution in [0.25, 0.3) is 12.2 Å². The average Bonchev–Trinajstić information content (AvgIpc) is 3.57. The molecule has 0 spiro atoms. The SMILES string of the molecule is CCc1ccc(CC)c2c1C=C(C)[CH]2[Hf+2]([CH]1C(C)=Cc2c(CC)ccc(CC)c21)=[Si]1CCCC1.[Cl-].[Cl-]. The summed E-state index contributed by atoms with van der Waals surface area (Å²) in [6.45, 7) is 14.5. The van der Waals surface area contributed by atoms with Gasteiger partial charge in [0.1, 0.15) is 0 Å². The fraction of sp³-hybridized carbons (Fsp3) is 0.500. The first-order chi connectivity index (χ1) is 16.5. The Morgan fingerprint density at radius 1 is 0.639 bits per heavy atom. The Morgan fingerprint density at radius 3 is 1.36 bits per heavy atom. The van der Waals surface area contributed by atoms with Crippen LogP contribution in [0.4, 0.5) is 0 Å². The third-order valence-electron chi connectivity index (χ3n) is 8.93. The molecule has 2 atom stereocenters. The van der Waals surface area contributed by atoms with Gasteiger partial charge in [0, 0.05) is 0 Å². The molecule has 1 fully saturated rings. The molecule has 0 bridgehead atoms. The zero-order chi connectivity index (χ0) is 24.0. The van der Waals surface area contributed by atoms with Crippen LogP contribution in [0.2, 0.25) is 12.1 Å². The predicted molar refractivity (Wildman–Crippen MR) is 148 cm³/mol. The second kappa shape index (κ2) is 12.6. The molecule has 2 aromatic carbocycles. The van der Waals surface area contributed by atoms with E-state index in [-0.39, 0.29) is 30.3 Å². The molecule has 0 saturated carbocycles. The Kier molecular flexibility index (Phi) is 10.6. The first-order valence-corrected chi connectivity index (χ1v) is 25.4. The molecular weight excluding hydrogens is 662 g/mol. The number of fused-ring (bicyclic) bond motifs is 2. The summed E-state index contributed by atoms with van der Waals surface area (Å²) in [5, 5.41) is 0. The molecule has 0 aromatic heterocycles. The second-order valence-corrected chi connectivity index (χ2v) is 32.7. The molecule has 3 aliphatic rings. The van der Waals surface area contributed by atoms with E-state index in [9.17, 15) is 0 Å². The summed E-state index contributed by atoms with van der Waals surface area (Å²) < 4.78 is 1.64. The normalized spacial score (nSPS) is 19.5. The second-order valence-electron chi connectivity index (χ2n) is 10.7. The standard InChI is InChI=1S/2C14H17.C4H8Si.2ClH.Hf/c2*1-4-11-6-7-12(5-2)14-9-10(3)8-13(11)14;1-2-4-5-3-1;;;/h2*6-9H,4-5H2,1-3H3;1-4H2;2*1H;/q;;;;;+2/p-2. The van der Waals surface area contributed by atoms with Gasteiger partial charge in [0.15, 0.2) is 0 Å². The Labute approximate surface area is 240 Å². The minimum atomic E-state index is -2.20. The maximum atomic E-state index is 2.65. The van der Waals surface area contributed by atoms with Gasteiger partial charge in [-0.25, -0.2) is 0 Å². The molecule has 2 aromatic rings. The first-order valence-electron chi connectivity index (χ1n) is 13.9. The third kappa shape index (κ3) is 4.98. The number of halogens is 2. The smallest absolute Gasteiger partial charge is 1.00 e. The molecule has 1 saturated heterocycles. The van der Waals surface area contributed by atoms with Crippen molar-refractivity contribution in [2.45, 2.75) is 99.5 Å². The molecule has 0 nitrogen and oxygen atoms in total. The number of hydrogen-bond acceptors (Lipinski definition) is 0. The molecule has 36 heavy (non-hydrogen) atoms. The summed E-state index contributed by atoms with van der Waals surface area (Å²) in [6.07, 6.45) is 13.0. The van der Waals surface area contributed by atoms with Crippen LogP contribution in [0, 0.1) is 0 Å². The summed E-state index contributed by atoms with van der Waals surface area (Å²) in [5.41, 5.74) is 16.7. The van der Waals surface area contributed by atoms with Crippen LogP contribution in [0.1, 0.15) is 106 Å². The van der Waals surface area contributed by atoms with E-state index < -0.39 is 20.1 Å². The molecule has 0 N–H and O–H groups in total. The number of allylic oxidation sites excluding steroid dienone is 2. The number of hydrogen-bond donors (Lipinski definition) is 0. The molecule has 2 unspecified atom stereocenters.